The molecule has 0 radical (unpaired) electrons. The zero-order valence-electron chi connectivity index (χ0n) is 25.5. The molecule has 240 valence electrons. The van der Waals surface area contributed by atoms with E-state index in [0.717, 1.165) is 18.2 Å². The van der Waals surface area contributed by atoms with Gasteiger partial charge in [-0.1, -0.05) is 30.3 Å². The van der Waals surface area contributed by atoms with Crippen LogP contribution in [0.1, 0.15) is 52.9 Å². The van der Waals surface area contributed by atoms with Crippen molar-refractivity contribution < 1.29 is 37.4 Å². The number of nitrogens with one attached hydrogen (secondary N) is 2. The molecule has 2 aromatic rings. The van der Waals surface area contributed by atoms with Gasteiger partial charge in [0.05, 0.1) is 17.2 Å². The minimum atomic E-state index is -4.22. The average molecular weight is 631 g/mol. The van der Waals surface area contributed by atoms with E-state index in [0.29, 0.717) is 37.9 Å². The van der Waals surface area contributed by atoms with E-state index in [1.54, 1.807) is 43.9 Å². The molecule has 2 aliphatic heterocycles. The van der Waals surface area contributed by atoms with Crippen LogP contribution < -0.4 is 10.0 Å². The second kappa shape index (κ2) is 13.9. The van der Waals surface area contributed by atoms with Crippen molar-refractivity contribution in [3.8, 4) is 0 Å². The van der Waals surface area contributed by atoms with Crippen LogP contribution in [0.25, 0.3) is 10.8 Å². The molecule has 13 heteroatoms. The van der Waals surface area contributed by atoms with Crippen molar-refractivity contribution in [3.63, 3.8) is 0 Å². The molecule has 0 bridgehead atoms. The van der Waals surface area contributed by atoms with Gasteiger partial charge in [0.25, 0.3) is 0 Å². The average Bonchev–Trinajstić information content (AvgIpc) is 2.98. The molecule has 12 nitrogen and oxygen atoms in total. The lowest BCUT2D eigenvalue weighted by molar-refractivity contribution is -0.146. The van der Waals surface area contributed by atoms with Crippen LogP contribution in [0.3, 0.4) is 0 Å². The predicted molar refractivity (Wildman–Crippen MR) is 163 cm³/mol. The van der Waals surface area contributed by atoms with Crippen molar-refractivity contribution >= 4 is 44.7 Å². The molecule has 2 aliphatic rings. The Kier molecular flexibility index (Phi) is 10.5. The molecule has 0 aromatic heterocycles. The van der Waals surface area contributed by atoms with Crippen molar-refractivity contribution in [2.45, 2.75) is 69.4 Å². The number of sulfonamides is 1. The van der Waals surface area contributed by atoms with Gasteiger partial charge < -0.3 is 25.0 Å². The van der Waals surface area contributed by atoms with Gasteiger partial charge in [-0.3, -0.25) is 14.4 Å². The zero-order valence-corrected chi connectivity index (χ0v) is 26.3. The van der Waals surface area contributed by atoms with Crippen molar-refractivity contribution in [1.82, 2.24) is 19.8 Å². The first kappa shape index (κ1) is 33.2. The van der Waals surface area contributed by atoms with Crippen molar-refractivity contribution in [3.05, 3.63) is 42.5 Å². The summed E-state index contributed by atoms with van der Waals surface area (Å²) in [5.74, 6) is -2.99. The van der Waals surface area contributed by atoms with Gasteiger partial charge in [0.2, 0.25) is 21.8 Å². The number of carbonyl (C=O) groups is 4. The fourth-order valence-corrected chi connectivity index (χ4v) is 6.81. The second-order valence-corrected chi connectivity index (χ2v) is 14.3. The molecule has 0 aliphatic carbocycles. The molecule has 2 fully saturated rings. The fourth-order valence-electron chi connectivity index (χ4n) is 5.58. The monoisotopic (exact) mass is 630 g/mol. The molecular weight excluding hydrogens is 588 g/mol. The fraction of sp³-hybridized carbons (Fsp3) is 0.548. The van der Waals surface area contributed by atoms with Crippen molar-refractivity contribution in [1.29, 1.82) is 0 Å². The number of hydrogen-bond acceptors (Lipinski definition) is 7. The third kappa shape index (κ3) is 8.91. The maximum absolute atomic E-state index is 13.5. The highest BCUT2D eigenvalue weighted by Gasteiger charge is 2.34. The van der Waals surface area contributed by atoms with Crippen LogP contribution in [-0.2, 0) is 29.1 Å². The second-order valence-electron chi connectivity index (χ2n) is 12.6. The normalized spacial score (nSPS) is 20.2. The number of piperidine rings is 2. The minimum Gasteiger partial charge on any atom is -0.481 e. The third-order valence-electron chi connectivity index (χ3n) is 7.88. The predicted octanol–water partition coefficient (Wildman–Crippen LogP) is 2.96. The number of ether oxygens (including phenoxy) is 1. The maximum atomic E-state index is 13.5. The first-order valence-corrected chi connectivity index (χ1v) is 16.5. The summed E-state index contributed by atoms with van der Waals surface area (Å²) in [6.45, 7) is 6.78. The van der Waals surface area contributed by atoms with E-state index >= 15 is 0 Å². The summed E-state index contributed by atoms with van der Waals surface area (Å²) in [5.41, 5.74) is -0.640. The molecule has 44 heavy (non-hydrogen) atoms. The van der Waals surface area contributed by atoms with Gasteiger partial charge in [-0.25, -0.2) is 13.2 Å². The maximum Gasteiger partial charge on any atom is 0.410 e. The van der Waals surface area contributed by atoms with E-state index in [9.17, 15) is 32.7 Å². The van der Waals surface area contributed by atoms with E-state index < -0.39 is 57.9 Å². The Bertz CT molecular complexity index is 1490. The van der Waals surface area contributed by atoms with Crippen LogP contribution in [0.4, 0.5) is 4.79 Å². The highest BCUT2D eigenvalue weighted by molar-refractivity contribution is 7.89. The van der Waals surface area contributed by atoms with E-state index in [1.165, 1.54) is 17.0 Å². The largest absolute Gasteiger partial charge is 0.481 e. The van der Waals surface area contributed by atoms with Gasteiger partial charge in [-0.15, -0.1) is 0 Å². The smallest absolute Gasteiger partial charge is 0.410 e. The van der Waals surface area contributed by atoms with E-state index in [2.05, 4.69) is 10.0 Å². The zero-order chi connectivity index (χ0) is 32.1. The number of likely N-dealkylation sites (tertiary alicyclic amines) is 2. The molecule has 0 spiro atoms. The lowest BCUT2D eigenvalue weighted by Crippen LogP contribution is -2.52. The topological polar surface area (TPSA) is 162 Å². The SMILES string of the molecule is CC(C)(C)OC(=O)N1CCC[C@@H](CNC(=O)[C@@H](CC(=O)N2CCCC(C(=O)O)C2)NS(=O)(=O)c2ccc3ccccc3c2)C1. The van der Waals surface area contributed by atoms with E-state index in [-0.39, 0.29) is 23.9 Å². The Morgan fingerprint density at radius 1 is 0.977 bits per heavy atom. The van der Waals surface area contributed by atoms with Crippen LogP contribution in [0, 0.1) is 11.8 Å². The number of fused-ring (bicyclic) bond motifs is 1. The quantitative estimate of drug-likeness (QED) is 0.381. The lowest BCUT2D eigenvalue weighted by Gasteiger charge is -2.34. The molecule has 3 amide bonds. The standard InChI is InChI=1S/C31H42N4O8S/c1-31(2,3)43-30(40)35-15-6-8-21(19-35)18-32-28(37)26(17-27(36)34-14-7-11-24(20-34)29(38)39)33-44(41,42)25-13-12-22-9-4-5-10-23(22)16-25/h4-5,9-10,12-13,16,21,24,26,33H,6-8,11,14-15,17-20H2,1-3H3,(H,32,37)(H,38,39)/t21-,24?,26+/m0/s1. The highest BCUT2D eigenvalue weighted by atomic mass is 32.2. The van der Waals surface area contributed by atoms with E-state index in [1.807, 2.05) is 12.1 Å². The van der Waals surface area contributed by atoms with Gasteiger partial charge in [0.1, 0.15) is 11.6 Å². The Morgan fingerprint density at radius 3 is 2.36 bits per heavy atom. The summed E-state index contributed by atoms with van der Waals surface area (Å²) in [7, 11) is -4.22. The van der Waals surface area contributed by atoms with Crippen molar-refractivity contribution in [2.75, 3.05) is 32.7 Å². The number of rotatable bonds is 9. The molecule has 0 saturated carbocycles. The molecular formula is C31H42N4O8S. The van der Waals surface area contributed by atoms with Crippen LogP contribution in [0.2, 0.25) is 0 Å². The molecule has 4 rings (SSSR count). The van der Waals surface area contributed by atoms with Crippen LogP contribution in [0.5, 0.6) is 0 Å². The van der Waals surface area contributed by atoms with Crippen molar-refractivity contribution in [2.24, 2.45) is 11.8 Å². The molecule has 2 aromatic carbocycles. The lowest BCUT2D eigenvalue weighted by atomic mass is 9.97. The molecule has 3 N–H and O–H groups in total. The number of nitrogens with zero attached hydrogens (tertiary/aromatic N) is 2. The van der Waals surface area contributed by atoms with Crippen LogP contribution in [0.15, 0.2) is 47.4 Å². The van der Waals surface area contributed by atoms with Gasteiger partial charge in [0, 0.05) is 32.7 Å². The summed E-state index contributed by atoms with van der Waals surface area (Å²) < 4.78 is 34.9. The number of carbonyl (C=O) groups excluding carboxylic acids is 3. The van der Waals surface area contributed by atoms with Gasteiger partial charge in [-0.2, -0.15) is 4.72 Å². The molecule has 2 saturated heterocycles. The van der Waals surface area contributed by atoms with Crippen LogP contribution in [-0.4, -0.2) is 91.6 Å². The summed E-state index contributed by atoms with van der Waals surface area (Å²) >= 11 is 0. The number of amides is 3. The Hall–Kier alpha value is -3.71. The Morgan fingerprint density at radius 2 is 1.66 bits per heavy atom. The number of carboxylic acids is 1. The van der Waals surface area contributed by atoms with E-state index in [4.69, 9.17) is 4.74 Å². The molecule has 1 unspecified atom stereocenters. The van der Waals surface area contributed by atoms with Gasteiger partial charge in [0.15, 0.2) is 0 Å². The Labute approximate surface area is 258 Å². The minimum absolute atomic E-state index is 0.00248. The third-order valence-corrected chi connectivity index (χ3v) is 9.35. The first-order valence-electron chi connectivity index (χ1n) is 15.0. The van der Waals surface area contributed by atoms with Gasteiger partial charge >= 0.3 is 12.1 Å². The number of aliphatic carboxylic acids is 1. The Balaban J connectivity index is 1.48. The number of hydrogen-bond donors (Lipinski definition) is 3. The number of benzene rings is 2. The molecule has 2 heterocycles. The summed E-state index contributed by atoms with van der Waals surface area (Å²) in [5, 5.41) is 13.8. The highest BCUT2D eigenvalue weighted by Crippen LogP contribution is 2.22. The summed E-state index contributed by atoms with van der Waals surface area (Å²) in [6, 6.07) is 10.4. The summed E-state index contributed by atoms with van der Waals surface area (Å²) in [4.78, 5) is 53.8. The number of carboxylic acid groups (broad SMARTS) is 1. The molecule has 3 atom stereocenters. The van der Waals surface area contributed by atoms with Crippen LogP contribution >= 0.6 is 0 Å². The van der Waals surface area contributed by atoms with Gasteiger partial charge in [-0.05, 0) is 75.3 Å². The summed E-state index contributed by atoms with van der Waals surface area (Å²) in [6.07, 6.45) is 1.50. The first-order chi connectivity index (χ1) is 20.7.